The highest BCUT2D eigenvalue weighted by atomic mass is 32.2. The summed E-state index contributed by atoms with van der Waals surface area (Å²) in [5, 5.41) is 11.9. The molecule has 0 spiro atoms. The van der Waals surface area contributed by atoms with E-state index in [1.807, 2.05) is 6.07 Å². The second-order valence-electron chi connectivity index (χ2n) is 4.04. The molecule has 0 amide bonds. The average molecular weight is 247 g/mol. The van der Waals surface area contributed by atoms with Gasteiger partial charge in [-0.25, -0.2) is 0 Å². The molecule has 2 rings (SSSR count). The summed E-state index contributed by atoms with van der Waals surface area (Å²) in [6.07, 6.45) is 0.372. The van der Waals surface area contributed by atoms with Crippen molar-refractivity contribution in [2.24, 2.45) is 5.73 Å². The lowest BCUT2D eigenvalue weighted by Crippen LogP contribution is -2.19. The normalized spacial score (nSPS) is 12.8. The molecule has 0 aromatic heterocycles. The number of hydrogen-bond donors (Lipinski definition) is 2. The van der Waals surface area contributed by atoms with Crippen LogP contribution in [0.5, 0.6) is 0 Å². The van der Waals surface area contributed by atoms with E-state index in [9.17, 15) is 5.11 Å². The molecular formula is C14H17NOS. The molecule has 2 aromatic carbocycles. The molecule has 0 aliphatic heterocycles. The van der Waals surface area contributed by atoms with Crippen LogP contribution in [0.2, 0.25) is 0 Å². The predicted molar refractivity (Wildman–Crippen MR) is 74.4 cm³/mol. The third-order valence-corrected chi connectivity index (χ3v) is 3.74. The van der Waals surface area contributed by atoms with Gasteiger partial charge >= 0.3 is 0 Å². The summed E-state index contributed by atoms with van der Waals surface area (Å²) in [7, 11) is 0. The summed E-state index contributed by atoms with van der Waals surface area (Å²) in [5.41, 5.74) is 5.37. The Hall–Kier alpha value is -1.03. The number of hydrogen-bond acceptors (Lipinski definition) is 3. The Balaban J connectivity index is 1.99. The first-order valence-corrected chi connectivity index (χ1v) is 6.78. The molecule has 17 heavy (non-hydrogen) atoms. The van der Waals surface area contributed by atoms with Crippen molar-refractivity contribution in [3.05, 3.63) is 42.5 Å². The molecule has 0 aliphatic carbocycles. The van der Waals surface area contributed by atoms with Gasteiger partial charge in [-0.15, -0.1) is 11.8 Å². The molecule has 0 aliphatic rings. The first-order chi connectivity index (χ1) is 8.29. The number of aliphatic hydroxyl groups is 1. The van der Waals surface area contributed by atoms with Crippen LogP contribution in [0, 0.1) is 0 Å². The number of thioether (sulfide) groups is 1. The first kappa shape index (κ1) is 12.4. The quantitative estimate of drug-likeness (QED) is 0.798. The molecule has 2 nitrogen and oxygen atoms in total. The largest absolute Gasteiger partial charge is 0.392 e. The summed E-state index contributed by atoms with van der Waals surface area (Å²) in [6.45, 7) is 0.346. The van der Waals surface area contributed by atoms with Crippen LogP contribution in [-0.4, -0.2) is 23.5 Å². The molecule has 0 heterocycles. The van der Waals surface area contributed by atoms with Crippen molar-refractivity contribution >= 4 is 22.5 Å². The first-order valence-electron chi connectivity index (χ1n) is 5.79. The van der Waals surface area contributed by atoms with Gasteiger partial charge in [-0.2, -0.15) is 0 Å². The van der Waals surface area contributed by atoms with Crippen molar-refractivity contribution in [2.45, 2.75) is 17.4 Å². The van der Waals surface area contributed by atoms with Crippen LogP contribution >= 0.6 is 11.8 Å². The minimum Gasteiger partial charge on any atom is -0.392 e. The van der Waals surface area contributed by atoms with Gasteiger partial charge in [0.2, 0.25) is 0 Å². The lowest BCUT2D eigenvalue weighted by molar-refractivity contribution is 0.180. The van der Waals surface area contributed by atoms with Crippen LogP contribution in [-0.2, 0) is 0 Å². The maximum atomic E-state index is 9.37. The van der Waals surface area contributed by atoms with Crippen LogP contribution in [0.1, 0.15) is 6.42 Å². The number of benzene rings is 2. The molecule has 0 fully saturated rings. The van der Waals surface area contributed by atoms with E-state index < -0.39 is 0 Å². The monoisotopic (exact) mass is 247 g/mol. The molecule has 0 bridgehead atoms. The van der Waals surface area contributed by atoms with Crippen molar-refractivity contribution in [2.75, 3.05) is 12.3 Å². The minimum absolute atomic E-state index is 0.346. The molecule has 1 unspecified atom stereocenters. The van der Waals surface area contributed by atoms with Crippen LogP contribution in [0.15, 0.2) is 47.4 Å². The van der Waals surface area contributed by atoms with Gasteiger partial charge in [-0.3, -0.25) is 0 Å². The fraction of sp³-hybridized carbons (Fsp3) is 0.286. The lowest BCUT2D eigenvalue weighted by atomic mass is 10.1. The summed E-state index contributed by atoms with van der Waals surface area (Å²) in [4.78, 5) is 1.24. The Labute approximate surface area is 106 Å². The van der Waals surface area contributed by atoms with E-state index in [0.29, 0.717) is 6.54 Å². The van der Waals surface area contributed by atoms with Crippen molar-refractivity contribution in [3.8, 4) is 0 Å². The Morgan fingerprint density at radius 2 is 1.88 bits per heavy atom. The zero-order chi connectivity index (χ0) is 12.1. The summed E-state index contributed by atoms with van der Waals surface area (Å²) in [6, 6.07) is 14.8. The smallest absolute Gasteiger partial charge is 0.0670 e. The molecule has 0 saturated heterocycles. The van der Waals surface area contributed by atoms with E-state index in [1.165, 1.54) is 15.7 Å². The topological polar surface area (TPSA) is 46.2 Å². The minimum atomic E-state index is -0.372. The average Bonchev–Trinajstić information content (AvgIpc) is 2.38. The van der Waals surface area contributed by atoms with Crippen LogP contribution in [0.25, 0.3) is 10.8 Å². The van der Waals surface area contributed by atoms with Gasteiger partial charge in [0, 0.05) is 17.2 Å². The second-order valence-corrected chi connectivity index (χ2v) is 5.20. The van der Waals surface area contributed by atoms with E-state index in [2.05, 4.69) is 36.4 Å². The highest BCUT2D eigenvalue weighted by Gasteiger charge is 2.02. The SMILES string of the molecule is NCC(O)CCSc1ccc2ccccc2c1. The van der Waals surface area contributed by atoms with E-state index >= 15 is 0 Å². The van der Waals surface area contributed by atoms with Crippen molar-refractivity contribution in [1.82, 2.24) is 0 Å². The second kappa shape index (κ2) is 6.05. The molecular weight excluding hydrogens is 230 g/mol. The fourth-order valence-corrected chi connectivity index (χ4v) is 2.69. The third kappa shape index (κ3) is 3.46. The standard InChI is InChI=1S/C14H17NOS/c15-10-13(16)7-8-17-14-6-5-11-3-1-2-4-12(11)9-14/h1-6,9,13,16H,7-8,10,15H2. The predicted octanol–water partition coefficient (Wildman–Crippen LogP) is 2.64. The lowest BCUT2D eigenvalue weighted by Gasteiger charge is -2.07. The Kier molecular flexibility index (Phi) is 4.42. The Bertz CT molecular complexity index is 486. The molecule has 0 radical (unpaired) electrons. The van der Waals surface area contributed by atoms with E-state index in [0.717, 1.165) is 12.2 Å². The highest BCUT2D eigenvalue weighted by molar-refractivity contribution is 7.99. The van der Waals surface area contributed by atoms with Gasteiger partial charge < -0.3 is 10.8 Å². The fourth-order valence-electron chi connectivity index (χ4n) is 1.69. The number of nitrogens with two attached hydrogens (primary N) is 1. The zero-order valence-corrected chi connectivity index (χ0v) is 10.5. The van der Waals surface area contributed by atoms with Gasteiger partial charge in [-0.1, -0.05) is 30.3 Å². The van der Waals surface area contributed by atoms with Gasteiger partial charge in [0.25, 0.3) is 0 Å². The highest BCUT2D eigenvalue weighted by Crippen LogP contribution is 2.24. The van der Waals surface area contributed by atoms with Crippen LogP contribution in [0.4, 0.5) is 0 Å². The van der Waals surface area contributed by atoms with Gasteiger partial charge in [0.1, 0.15) is 0 Å². The Morgan fingerprint density at radius 1 is 1.12 bits per heavy atom. The van der Waals surface area contributed by atoms with Gasteiger partial charge in [-0.05, 0) is 29.3 Å². The van der Waals surface area contributed by atoms with Crippen molar-refractivity contribution in [1.29, 1.82) is 0 Å². The molecule has 0 saturated carbocycles. The number of aliphatic hydroxyl groups excluding tert-OH is 1. The molecule has 1 atom stereocenters. The van der Waals surface area contributed by atoms with Crippen molar-refractivity contribution in [3.63, 3.8) is 0 Å². The zero-order valence-electron chi connectivity index (χ0n) is 9.67. The molecule has 2 aromatic rings. The Morgan fingerprint density at radius 3 is 2.65 bits per heavy atom. The van der Waals surface area contributed by atoms with Gasteiger partial charge in [0.05, 0.1) is 6.10 Å². The van der Waals surface area contributed by atoms with E-state index in [4.69, 9.17) is 5.73 Å². The summed E-state index contributed by atoms with van der Waals surface area (Å²) >= 11 is 1.76. The van der Waals surface area contributed by atoms with E-state index in [-0.39, 0.29) is 6.10 Å². The maximum Gasteiger partial charge on any atom is 0.0670 e. The van der Waals surface area contributed by atoms with Gasteiger partial charge in [0.15, 0.2) is 0 Å². The molecule has 3 N–H and O–H groups in total. The summed E-state index contributed by atoms with van der Waals surface area (Å²) in [5.74, 6) is 0.900. The van der Waals surface area contributed by atoms with Crippen LogP contribution < -0.4 is 5.73 Å². The number of fused-ring (bicyclic) bond motifs is 1. The molecule has 90 valence electrons. The number of rotatable bonds is 5. The van der Waals surface area contributed by atoms with E-state index in [1.54, 1.807) is 11.8 Å². The third-order valence-electron chi connectivity index (χ3n) is 2.71. The molecule has 3 heteroatoms. The van der Waals surface area contributed by atoms with Crippen LogP contribution in [0.3, 0.4) is 0 Å². The summed E-state index contributed by atoms with van der Waals surface area (Å²) < 4.78 is 0. The van der Waals surface area contributed by atoms with Crippen molar-refractivity contribution < 1.29 is 5.11 Å². The maximum absolute atomic E-state index is 9.37.